The van der Waals surface area contributed by atoms with Gasteiger partial charge in [0.2, 0.25) is 0 Å². The Morgan fingerprint density at radius 2 is 2.04 bits per heavy atom. The second-order valence-electron chi connectivity index (χ2n) is 6.11. The quantitative estimate of drug-likeness (QED) is 0.586. The molecular weight excluding hydrogens is 336 g/mol. The van der Waals surface area contributed by atoms with E-state index in [4.69, 9.17) is 9.90 Å². The fourth-order valence-electron chi connectivity index (χ4n) is 2.69. The lowest BCUT2D eigenvalue weighted by atomic mass is 9.98. The SMILES string of the molecule is CC(=O)O.O=C(NCCc1nn[nH]n1)c1ccc(CC2CCNC2)cc1. The molecule has 0 aliphatic carbocycles. The maximum absolute atomic E-state index is 12.0. The van der Waals surface area contributed by atoms with Crippen molar-refractivity contribution in [3.63, 3.8) is 0 Å². The van der Waals surface area contributed by atoms with Gasteiger partial charge in [0, 0.05) is 25.5 Å². The van der Waals surface area contributed by atoms with Crippen LogP contribution in [0.15, 0.2) is 24.3 Å². The van der Waals surface area contributed by atoms with Gasteiger partial charge in [0.25, 0.3) is 11.9 Å². The minimum Gasteiger partial charge on any atom is -0.481 e. The molecule has 0 saturated carbocycles. The number of aliphatic carboxylic acids is 1. The smallest absolute Gasteiger partial charge is 0.300 e. The minimum absolute atomic E-state index is 0.0717. The fraction of sp³-hybridized carbons (Fsp3) is 0.471. The monoisotopic (exact) mass is 360 g/mol. The van der Waals surface area contributed by atoms with Gasteiger partial charge in [0.15, 0.2) is 5.82 Å². The summed E-state index contributed by atoms with van der Waals surface area (Å²) in [4.78, 5) is 21.0. The van der Waals surface area contributed by atoms with Gasteiger partial charge in [-0.05, 0) is 49.5 Å². The summed E-state index contributed by atoms with van der Waals surface area (Å²) in [6.45, 7) is 3.79. The zero-order valence-electron chi connectivity index (χ0n) is 14.7. The summed E-state index contributed by atoms with van der Waals surface area (Å²) in [5, 5.41) is 27.2. The molecule has 0 radical (unpaired) electrons. The fourth-order valence-corrected chi connectivity index (χ4v) is 2.69. The number of tetrazole rings is 1. The third kappa shape index (κ3) is 6.98. The van der Waals surface area contributed by atoms with Crippen molar-refractivity contribution in [1.29, 1.82) is 0 Å². The van der Waals surface area contributed by atoms with E-state index in [0.717, 1.165) is 32.4 Å². The zero-order valence-corrected chi connectivity index (χ0v) is 14.7. The Labute approximate surface area is 151 Å². The molecule has 2 aromatic rings. The molecule has 1 aliphatic heterocycles. The largest absolute Gasteiger partial charge is 0.481 e. The molecular formula is C17H24N6O3. The third-order valence-electron chi connectivity index (χ3n) is 3.93. The number of H-pyrrole nitrogens is 1. The van der Waals surface area contributed by atoms with Crippen LogP contribution in [-0.2, 0) is 17.6 Å². The maximum atomic E-state index is 12.0. The van der Waals surface area contributed by atoms with Crippen LogP contribution in [0.25, 0.3) is 0 Å². The Morgan fingerprint density at radius 3 is 2.62 bits per heavy atom. The number of amides is 1. The van der Waals surface area contributed by atoms with Gasteiger partial charge < -0.3 is 15.7 Å². The predicted molar refractivity (Wildman–Crippen MR) is 94.6 cm³/mol. The van der Waals surface area contributed by atoms with Crippen LogP contribution >= 0.6 is 0 Å². The van der Waals surface area contributed by atoms with Crippen molar-refractivity contribution in [3.05, 3.63) is 41.2 Å². The first-order chi connectivity index (χ1) is 12.5. The number of hydrogen-bond acceptors (Lipinski definition) is 6. The van der Waals surface area contributed by atoms with Crippen molar-refractivity contribution in [2.75, 3.05) is 19.6 Å². The molecule has 9 heteroatoms. The summed E-state index contributed by atoms with van der Waals surface area (Å²) in [5.74, 6) is 0.410. The lowest BCUT2D eigenvalue weighted by molar-refractivity contribution is -0.134. The highest BCUT2D eigenvalue weighted by Gasteiger charge is 2.15. The zero-order chi connectivity index (χ0) is 18.8. The summed E-state index contributed by atoms with van der Waals surface area (Å²) < 4.78 is 0. The van der Waals surface area contributed by atoms with Gasteiger partial charge in [-0.1, -0.05) is 17.3 Å². The van der Waals surface area contributed by atoms with E-state index in [0.29, 0.717) is 24.4 Å². The summed E-state index contributed by atoms with van der Waals surface area (Å²) in [6, 6.07) is 7.88. The highest BCUT2D eigenvalue weighted by Crippen LogP contribution is 2.15. The van der Waals surface area contributed by atoms with E-state index in [1.165, 1.54) is 12.0 Å². The molecule has 3 rings (SSSR count). The lowest BCUT2D eigenvalue weighted by Crippen LogP contribution is -2.26. The number of carboxylic acids is 1. The van der Waals surface area contributed by atoms with Crippen LogP contribution in [0.4, 0.5) is 0 Å². The van der Waals surface area contributed by atoms with Crippen molar-refractivity contribution in [1.82, 2.24) is 31.3 Å². The number of nitrogens with zero attached hydrogens (tertiary/aromatic N) is 3. The number of rotatable bonds is 6. The number of aromatic nitrogens is 4. The van der Waals surface area contributed by atoms with Crippen LogP contribution < -0.4 is 10.6 Å². The van der Waals surface area contributed by atoms with Crippen molar-refractivity contribution in [2.24, 2.45) is 5.92 Å². The Balaban J connectivity index is 0.000000552. The number of carboxylic acid groups (broad SMARTS) is 1. The Kier molecular flexibility index (Phi) is 7.69. The molecule has 1 atom stereocenters. The average molecular weight is 360 g/mol. The number of aromatic amines is 1. The van der Waals surface area contributed by atoms with E-state index in [1.807, 2.05) is 24.3 Å². The average Bonchev–Trinajstić information content (AvgIpc) is 3.29. The topological polar surface area (TPSA) is 133 Å². The molecule has 1 aromatic carbocycles. The van der Waals surface area contributed by atoms with Gasteiger partial charge in [-0.3, -0.25) is 9.59 Å². The molecule has 1 aromatic heterocycles. The van der Waals surface area contributed by atoms with Crippen molar-refractivity contribution < 1.29 is 14.7 Å². The molecule has 140 valence electrons. The van der Waals surface area contributed by atoms with E-state index < -0.39 is 5.97 Å². The van der Waals surface area contributed by atoms with Crippen LogP contribution in [0.5, 0.6) is 0 Å². The van der Waals surface area contributed by atoms with Gasteiger partial charge >= 0.3 is 0 Å². The summed E-state index contributed by atoms with van der Waals surface area (Å²) >= 11 is 0. The van der Waals surface area contributed by atoms with E-state index in [-0.39, 0.29) is 5.91 Å². The Bertz CT molecular complexity index is 677. The molecule has 4 N–H and O–H groups in total. The van der Waals surface area contributed by atoms with Crippen molar-refractivity contribution in [3.8, 4) is 0 Å². The first-order valence-electron chi connectivity index (χ1n) is 8.54. The standard InChI is InChI=1S/C15H20N6O.C2H4O2/c22-15(17-8-6-14-18-20-21-19-14)13-3-1-11(2-4-13)9-12-5-7-16-10-12;1-2(3)4/h1-4,12,16H,5-10H2,(H,17,22)(H,18,19,20,21);1H3,(H,3,4). The van der Waals surface area contributed by atoms with E-state index >= 15 is 0 Å². The summed E-state index contributed by atoms with van der Waals surface area (Å²) in [7, 11) is 0. The Hall–Kier alpha value is -2.81. The van der Waals surface area contributed by atoms with Crippen molar-refractivity contribution >= 4 is 11.9 Å². The minimum atomic E-state index is -0.833. The summed E-state index contributed by atoms with van der Waals surface area (Å²) in [6.07, 6.45) is 2.88. The van der Waals surface area contributed by atoms with Crippen LogP contribution in [0.1, 0.15) is 35.1 Å². The van der Waals surface area contributed by atoms with Gasteiger partial charge in [-0.25, -0.2) is 0 Å². The normalized spacial score (nSPS) is 15.8. The molecule has 2 heterocycles. The van der Waals surface area contributed by atoms with E-state index in [2.05, 4.69) is 31.3 Å². The third-order valence-corrected chi connectivity index (χ3v) is 3.93. The lowest BCUT2D eigenvalue weighted by Gasteiger charge is -2.09. The molecule has 1 fully saturated rings. The molecule has 1 aliphatic rings. The Morgan fingerprint density at radius 1 is 1.31 bits per heavy atom. The number of nitrogens with one attached hydrogen (secondary N) is 3. The molecule has 26 heavy (non-hydrogen) atoms. The predicted octanol–water partition coefficient (Wildman–Crippen LogP) is 0.415. The molecule has 1 unspecified atom stereocenters. The second kappa shape index (κ2) is 10.2. The summed E-state index contributed by atoms with van der Waals surface area (Å²) in [5.41, 5.74) is 1.97. The van der Waals surface area contributed by atoms with Crippen LogP contribution in [0.3, 0.4) is 0 Å². The van der Waals surface area contributed by atoms with Gasteiger partial charge in [-0.2, -0.15) is 5.21 Å². The van der Waals surface area contributed by atoms with Crippen molar-refractivity contribution in [2.45, 2.75) is 26.2 Å². The highest BCUT2D eigenvalue weighted by molar-refractivity contribution is 5.94. The second-order valence-corrected chi connectivity index (χ2v) is 6.11. The van der Waals surface area contributed by atoms with E-state index in [9.17, 15) is 4.79 Å². The van der Waals surface area contributed by atoms with E-state index in [1.54, 1.807) is 0 Å². The van der Waals surface area contributed by atoms with Gasteiger partial charge in [0.1, 0.15) is 0 Å². The van der Waals surface area contributed by atoms with Gasteiger partial charge in [0.05, 0.1) is 0 Å². The molecule has 1 amide bonds. The van der Waals surface area contributed by atoms with Crippen LogP contribution in [0, 0.1) is 5.92 Å². The number of benzene rings is 1. The molecule has 9 nitrogen and oxygen atoms in total. The van der Waals surface area contributed by atoms with Gasteiger partial charge in [-0.15, -0.1) is 10.2 Å². The first kappa shape index (κ1) is 19.5. The maximum Gasteiger partial charge on any atom is 0.300 e. The number of hydrogen-bond donors (Lipinski definition) is 4. The highest BCUT2D eigenvalue weighted by atomic mass is 16.4. The van der Waals surface area contributed by atoms with Crippen LogP contribution in [-0.4, -0.2) is 57.2 Å². The molecule has 1 saturated heterocycles. The molecule has 0 spiro atoms. The number of carbonyl (C=O) groups excluding carboxylic acids is 1. The molecule has 0 bridgehead atoms. The first-order valence-corrected chi connectivity index (χ1v) is 8.54. The number of carbonyl (C=O) groups is 2. The van der Waals surface area contributed by atoms with Crippen LogP contribution in [0.2, 0.25) is 0 Å².